The Bertz CT molecular complexity index is 781. The third-order valence-corrected chi connectivity index (χ3v) is 4.77. The quantitative estimate of drug-likeness (QED) is 0.856. The third-order valence-electron chi connectivity index (χ3n) is 3.29. The van der Waals surface area contributed by atoms with E-state index in [2.05, 4.69) is 4.72 Å². The van der Waals surface area contributed by atoms with Crippen molar-refractivity contribution >= 4 is 21.4 Å². The second-order valence-electron chi connectivity index (χ2n) is 5.01. The number of benzene rings is 2. The molecule has 0 aromatic heterocycles. The molecule has 2 aromatic rings. The van der Waals surface area contributed by atoms with E-state index in [1.54, 1.807) is 32.9 Å². The molecule has 0 aliphatic rings. The molecule has 0 atom stereocenters. The first-order valence-corrected chi connectivity index (χ1v) is 7.85. The minimum absolute atomic E-state index is 0.0445. The van der Waals surface area contributed by atoms with Gasteiger partial charge in [0.25, 0.3) is 10.0 Å². The van der Waals surface area contributed by atoms with Gasteiger partial charge in [0.2, 0.25) is 0 Å². The number of rotatable bonds is 3. The lowest BCUT2D eigenvalue weighted by Crippen LogP contribution is -2.17. The number of para-hydroxylation sites is 1. The Morgan fingerprint density at radius 3 is 2.43 bits per heavy atom. The maximum absolute atomic E-state index is 13.8. The zero-order valence-corrected chi connectivity index (χ0v) is 12.9. The topological polar surface area (TPSA) is 72.2 Å². The molecule has 0 saturated heterocycles. The number of hydrogen-bond donors (Lipinski definition) is 2. The second-order valence-corrected chi connectivity index (χ2v) is 6.67. The molecule has 2 rings (SSSR count). The lowest BCUT2D eigenvalue weighted by Gasteiger charge is -2.14. The monoisotopic (exact) mass is 308 g/mol. The molecule has 0 aliphatic carbocycles. The fourth-order valence-corrected chi connectivity index (χ4v) is 3.58. The fourth-order valence-electron chi connectivity index (χ4n) is 2.08. The van der Waals surface area contributed by atoms with Crippen LogP contribution in [-0.2, 0) is 10.0 Å². The van der Waals surface area contributed by atoms with Gasteiger partial charge in [-0.05, 0) is 55.7 Å². The van der Waals surface area contributed by atoms with E-state index in [1.165, 1.54) is 18.2 Å². The average molecular weight is 308 g/mol. The van der Waals surface area contributed by atoms with Gasteiger partial charge in [0, 0.05) is 5.69 Å². The van der Waals surface area contributed by atoms with Crippen LogP contribution in [0.25, 0.3) is 0 Å². The number of hydrogen-bond acceptors (Lipinski definition) is 3. The maximum Gasteiger partial charge on any atom is 0.262 e. The van der Waals surface area contributed by atoms with Crippen LogP contribution < -0.4 is 10.5 Å². The third kappa shape index (κ3) is 3.00. The van der Waals surface area contributed by atoms with E-state index in [-0.39, 0.29) is 10.6 Å². The zero-order valence-electron chi connectivity index (χ0n) is 12.1. The predicted molar refractivity (Wildman–Crippen MR) is 82.3 cm³/mol. The van der Waals surface area contributed by atoms with E-state index < -0.39 is 15.8 Å². The molecule has 0 fully saturated rings. The fraction of sp³-hybridized carbons (Fsp3) is 0.200. The summed E-state index contributed by atoms with van der Waals surface area (Å²) in [5.74, 6) is -0.614. The molecule has 6 heteroatoms. The maximum atomic E-state index is 13.8. The Morgan fingerprint density at radius 1 is 1.14 bits per heavy atom. The molecule has 112 valence electrons. The van der Waals surface area contributed by atoms with Crippen molar-refractivity contribution in [1.29, 1.82) is 0 Å². The highest BCUT2D eigenvalue weighted by molar-refractivity contribution is 7.92. The lowest BCUT2D eigenvalue weighted by molar-refractivity contribution is 0.597. The van der Waals surface area contributed by atoms with Gasteiger partial charge in [-0.2, -0.15) is 0 Å². The summed E-state index contributed by atoms with van der Waals surface area (Å²) in [5.41, 5.74) is 7.83. The van der Waals surface area contributed by atoms with Gasteiger partial charge in [0.15, 0.2) is 0 Å². The van der Waals surface area contributed by atoms with Gasteiger partial charge in [-0.15, -0.1) is 0 Å². The Morgan fingerprint density at radius 2 is 1.81 bits per heavy atom. The van der Waals surface area contributed by atoms with Crippen LogP contribution in [0.15, 0.2) is 35.2 Å². The molecule has 21 heavy (non-hydrogen) atoms. The van der Waals surface area contributed by atoms with E-state index in [0.717, 1.165) is 5.56 Å². The van der Waals surface area contributed by atoms with E-state index >= 15 is 0 Å². The van der Waals surface area contributed by atoms with Crippen LogP contribution in [0.4, 0.5) is 15.8 Å². The number of halogens is 1. The summed E-state index contributed by atoms with van der Waals surface area (Å²) in [6, 6.07) is 7.59. The number of nitrogen functional groups attached to an aromatic ring is 1. The van der Waals surface area contributed by atoms with Gasteiger partial charge in [0.1, 0.15) is 5.82 Å². The average Bonchev–Trinajstić information content (AvgIpc) is 2.38. The number of aryl methyl sites for hydroxylation is 2. The number of nitrogens with one attached hydrogen (secondary N) is 1. The van der Waals surface area contributed by atoms with Crippen LogP contribution in [-0.4, -0.2) is 8.42 Å². The molecule has 0 amide bonds. The summed E-state index contributed by atoms with van der Waals surface area (Å²) < 4.78 is 41.1. The minimum atomic E-state index is -3.90. The standard InChI is InChI=1S/C15H17FN2O2S/c1-9-7-13(17)11(3)14(8-9)21(19,20)18-15-10(2)5-4-6-12(15)16/h4-8,18H,17H2,1-3H3. The summed E-state index contributed by atoms with van der Waals surface area (Å²) >= 11 is 0. The Kier molecular flexibility index (Phi) is 3.91. The van der Waals surface area contributed by atoms with Gasteiger partial charge in [-0.3, -0.25) is 4.72 Å². The molecule has 0 aliphatic heterocycles. The molecule has 0 saturated carbocycles. The van der Waals surface area contributed by atoms with Crippen molar-refractivity contribution in [3.05, 3.63) is 52.8 Å². The smallest absolute Gasteiger partial charge is 0.262 e. The van der Waals surface area contributed by atoms with Crippen LogP contribution in [0.2, 0.25) is 0 Å². The molecule has 0 unspecified atom stereocenters. The van der Waals surface area contributed by atoms with Crippen LogP contribution >= 0.6 is 0 Å². The molecular formula is C15H17FN2O2S. The minimum Gasteiger partial charge on any atom is -0.398 e. The lowest BCUT2D eigenvalue weighted by atomic mass is 10.1. The van der Waals surface area contributed by atoms with Crippen molar-refractivity contribution in [3.8, 4) is 0 Å². The first kappa shape index (κ1) is 15.3. The normalized spacial score (nSPS) is 11.4. The second kappa shape index (κ2) is 5.37. The first-order valence-electron chi connectivity index (χ1n) is 6.37. The highest BCUT2D eigenvalue weighted by atomic mass is 32.2. The highest BCUT2D eigenvalue weighted by Gasteiger charge is 2.21. The van der Waals surface area contributed by atoms with Crippen LogP contribution in [0.3, 0.4) is 0 Å². The van der Waals surface area contributed by atoms with Crippen molar-refractivity contribution in [1.82, 2.24) is 0 Å². The number of sulfonamides is 1. The summed E-state index contributed by atoms with van der Waals surface area (Å²) in [5, 5.41) is 0. The summed E-state index contributed by atoms with van der Waals surface area (Å²) in [7, 11) is -3.90. The van der Waals surface area contributed by atoms with Crippen LogP contribution in [0.1, 0.15) is 16.7 Å². The largest absolute Gasteiger partial charge is 0.398 e. The van der Waals surface area contributed by atoms with Crippen molar-refractivity contribution < 1.29 is 12.8 Å². The van der Waals surface area contributed by atoms with Gasteiger partial charge in [-0.1, -0.05) is 12.1 Å². The molecule has 3 N–H and O–H groups in total. The van der Waals surface area contributed by atoms with Crippen molar-refractivity contribution in [2.75, 3.05) is 10.5 Å². The summed E-state index contributed by atoms with van der Waals surface area (Å²) in [4.78, 5) is 0.0580. The molecule has 4 nitrogen and oxygen atoms in total. The van der Waals surface area contributed by atoms with Gasteiger partial charge >= 0.3 is 0 Å². The zero-order chi connectivity index (χ0) is 15.8. The Balaban J connectivity index is 2.54. The van der Waals surface area contributed by atoms with Gasteiger partial charge in [0.05, 0.1) is 10.6 Å². The predicted octanol–water partition coefficient (Wildman–Crippen LogP) is 3.13. The SMILES string of the molecule is Cc1cc(N)c(C)c(S(=O)(=O)Nc2c(C)cccc2F)c1. The van der Waals surface area contributed by atoms with Crippen molar-refractivity contribution in [3.63, 3.8) is 0 Å². The van der Waals surface area contributed by atoms with Crippen molar-refractivity contribution in [2.24, 2.45) is 0 Å². The highest BCUT2D eigenvalue weighted by Crippen LogP contribution is 2.27. The number of nitrogens with two attached hydrogens (primary N) is 1. The molecular weight excluding hydrogens is 291 g/mol. The van der Waals surface area contributed by atoms with Gasteiger partial charge < -0.3 is 5.73 Å². The van der Waals surface area contributed by atoms with Crippen molar-refractivity contribution in [2.45, 2.75) is 25.7 Å². The van der Waals surface area contributed by atoms with E-state index in [1.807, 2.05) is 0 Å². The molecule has 0 spiro atoms. The first-order chi connectivity index (χ1) is 9.72. The molecule has 0 heterocycles. The summed E-state index contributed by atoms with van der Waals surface area (Å²) in [6.45, 7) is 5.01. The van der Waals surface area contributed by atoms with E-state index in [9.17, 15) is 12.8 Å². The Labute approximate surface area is 123 Å². The molecule has 2 aromatic carbocycles. The van der Waals surface area contributed by atoms with E-state index in [0.29, 0.717) is 16.8 Å². The van der Waals surface area contributed by atoms with Gasteiger partial charge in [-0.25, -0.2) is 12.8 Å². The van der Waals surface area contributed by atoms with Crippen LogP contribution in [0.5, 0.6) is 0 Å². The number of anilines is 2. The van der Waals surface area contributed by atoms with E-state index in [4.69, 9.17) is 5.73 Å². The molecule has 0 bridgehead atoms. The van der Waals surface area contributed by atoms with Crippen LogP contribution in [0, 0.1) is 26.6 Å². The summed E-state index contributed by atoms with van der Waals surface area (Å²) in [6.07, 6.45) is 0. The molecule has 0 radical (unpaired) electrons. The Hall–Kier alpha value is -2.08.